The lowest BCUT2D eigenvalue weighted by atomic mass is 10.1. The normalized spacial score (nSPS) is 14.2. The molecule has 0 aromatic heterocycles. The zero-order valence-corrected chi connectivity index (χ0v) is 12.0. The first-order valence-electron chi connectivity index (χ1n) is 4.77. The Balaban J connectivity index is 0. The zero-order chi connectivity index (χ0) is 12.7. The average Bonchev–Trinajstić information content (AvgIpc) is 2.05. The zero-order valence-electron chi connectivity index (χ0n) is 8.97. The molecule has 0 amide bonds. The van der Waals surface area contributed by atoms with Gasteiger partial charge in [0.05, 0.1) is 5.38 Å². The lowest BCUT2D eigenvalue weighted by Gasteiger charge is -2.23. The van der Waals surface area contributed by atoms with Gasteiger partial charge in [0.1, 0.15) is 0 Å². The summed E-state index contributed by atoms with van der Waals surface area (Å²) in [6.45, 7) is 5.66. The summed E-state index contributed by atoms with van der Waals surface area (Å²) in [6.07, 6.45) is -0.480. The summed E-state index contributed by atoms with van der Waals surface area (Å²) in [4.78, 5) is 0. The number of hydrogen-bond acceptors (Lipinski definition) is 0. The van der Waals surface area contributed by atoms with E-state index in [1.54, 1.807) is 6.92 Å². The van der Waals surface area contributed by atoms with Gasteiger partial charge in [0.25, 0.3) is 0 Å². The standard InChI is InChI=1S/C7H10Cl4F2.C2H6/c1-2-3-6(12,13)4-5(8)7(9,10)11;1-2/h5H,2-4H2,1H3;1-2H3. The maximum atomic E-state index is 12.9. The van der Waals surface area contributed by atoms with Gasteiger partial charge >= 0.3 is 0 Å². The first-order valence-corrected chi connectivity index (χ1v) is 6.34. The van der Waals surface area contributed by atoms with Crippen LogP contribution in [0.1, 0.15) is 40.0 Å². The van der Waals surface area contributed by atoms with Gasteiger partial charge in [0.2, 0.25) is 9.72 Å². The second kappa shape index (κ2) is 8.16. The van der Waals surface area contributed by atoms with Gasteiger partial charge in [-0.3, -0.25) is 0 Å². The summed E-state index contributed by atoms with van der Waals surface area (Å²) in [5, 5.41) is -1.17. The molecule has 0 nitrogen and oxygen atoms in total. The molecule has 1 unspecified atom stereocenters. The quantitative estimate of drug-likeness (QED) is 0.574. The molecule has 0 aliphatic rings. The average molecular weight is 304 g/mol. The molecule has 6 heteroatoms. The Bertz CT molecular complexity index is 157. The minimum atomic E-state index is -2.86. The SMILES string of the molecule is CC.CCCC(F)(F)CC(Cl)C(Cl)(Cl)Cl. The van der Waals surface area contributed by atoms with Gasteiger partial charge in [0.15, 0.2) is 0 Å². The second-order valence-electron chi connectivity index (χ2n) is 2.82. The van der Waals surface area contributed by atoms with Gasteiger partial charge in [-0.05, 0) is 0 Å². The van der Waals surface area contributed by atoms with Crippen LogP contribution in [0.4, 0.5) is 8.78 Å². The van der Waals surface area contributed by atoms with E-state index in [0.717, 1.165) is 0 Å². The Hall–Kier alpha value is 1.02. The molecule has 0 radical (unpaired) electrons. The van der Waals surface area contributed by atoms with Crippen molar-refractivity contribution in [3.05, 3.63) is 0 Å². The second-order valence-corrected chi connectivity index (χ2v) is 5.71. The third-order valence-corrected chi connectivity index (χ3v) is 3.06. The van der Waals surface area contributed by atoms with Gasteiger partial charge in [-0.1, -0.05) is 62.0 Å². The highest BCUT2D eigenvalue weighted by molar-refractivity contribution is 6.70. The fraction of sp³-hybridized carbons (Fsp3) is 1.00. The number of halogens is 6. The summed E-state index contributed by atoms with van der Waals surface area (Å²) in [7, 11) is 0. The molecular formula is C9H16Cl4F2. The minimum Gasteiger partial charge on any atom is -0.207 e. The third kappa shape index (κ3) is 9.92. The van der Waals surface area contributed by atoms with Crippen molar-refractivity contribution >= 4 is 46.4 Å². The number of hydrogen-bond donors (Lipinski definition) is 0. The smallest absolute Gasteiger partial charge is 0.207 e. The van der Waals surface area contributed by atoms with Crippen LogP contribution in [0.5, 0.6) is 0 Å². The molecule has 0 aromatic rings. The van der Waals surface area contributed by atoms with Crippen molar-refractivity contribution in [2.75, 3.05) is 0 Å². The van der Waals surface area contributed by atoms with Crippen LogP contribution in [0.2, 0.25) is 0 Å². The van der Waals surface area contributed by atoms with Gasteiger partial charge in [-0.15, -0.1) is 11.6 Å². The molecule has 0 aromatic carbocycles. The summed E-state index contributed by atoms with van der Waals surface area (Å²) < 4.78 is 24.1. The third-order valence-electron chi connectivity index (χ3n) is 1.45. The van der Waals surface area contributed by atoms with Crippen molar-refractivity contribution in [2.24, 2.45) is 0 Å². The maximum Gasteiger partial charge on any atom is 0.249 e. The Morgan fingerprint density at radius 1 is 1.13 bits per heavy atom. The van der Waals surface area contributed by atoms with Crippen LogP contribution < -0.4 is 0 Å². The molecule has 0 heterocycles. The van der Waals surface area contributed by atoms with E-state index in [2.05, 4.69) is 0 Å². The number of rotatable bonds is 4. The summed E-state index contributed by atoms with van der Waals surface area (Å²) in [5.74, 6) is -2.86. The number of alkyl halides is 6. The Morgan fingerprint density at radius 3 is 1.80 bits per heavy atom. The maximum absolute atomic E-state index is 12.9. The molecule has 0 spiro atoms. The van der Waals surface area contributed by atoms with Crippen LogP contribution in [0.15, 0.2) is 0 Å². The summed E-state index contributed by atoms with van der Waals surface area (Å²) in [6, 6.07) is 0. The van der Waals surface area contributed by atoms with Gasteiger partial charge in [0, 0.05) is 12.8 Å². The monoisotopic (exact) mass is 302 g/mol. The van der Waals surface area contributed by atoms with Crippen molar-refractivity contribution < 1.29 is 8.78 Å². The Kier molecular flexibility index (Phi) is 10.0. The predicted octanol–water partition coefficient (Wildman–Crippen LogP) is 5.82. The molecule has 15 heavy (non-hydrogen) atoms. The van der Waals surface area contributed by atoms with Crippen molar-refractivity contribution in [3.63, 3.8) is 0 Å². The van der Waals surface area contributed by atoms with Crippen molar-refractivity contribution in [2.45, 2.75) is 55.1 Å². The van der Waals surface area contributed by atoms with Crippen LogP contribution in [0.25, 0.3) is 0 Å². The van der Waals surface area contributed by atoms with Crippen LogP contribution in [0, 0.1) is 0 Å². The van der Waals surface area contributed by atoms with Crippen LogP contribution in [0.3, 0.4) is 0 Å². The van der Waals surface area contributed by atoms with Crippen LogP contribution in [-0.4, -0.2) is 15.1 Å². The molecule has 0 aliphatic heterocycles. The van der Waals surface area contributed by atoms with Gasteiger partial charge in [-0.2, -0.15) is 0 Å². The molecule has 0 aliphatic carbocycles. The first-order chi connectivity index (χ1) is 6.69. The minimum absolute atomic E-state index is 0.239. The van der Waals surface area contributed by atoms with Crippen molar-refractivity contribution in [1.82, 2.24) is 0 Å². The fourth-order valence-electron chi connectivity index (χ4n) is 0.846. The Morgan fingerprint density at radius 2 is 1.53 bits per heavy atom. The van der Waals surface area contributed by atoms with E-state index in [-0.39, 0.29) is 6.42 Å². The van der Waals surface area contributed by atoms with Crippen LogP contribution in [-0.2, 0) is 0 Å². The van der Waals surface area contributed by atoms with E-state index in [4.69, 9.17) is 46.4 Å². The van der Waals surface area contributed by atoms with E-state index < -0.39 is 21.5 Å². The highest BCUT2D eigenvalue weighted by Gasteiger charge is 2.39. The largest absolute Gasteiger partial charge is 0.249 e. The highest BCUT2D eigenvalue weighted by atomic mass is 35.6. The molecule has 0 saturated heterocycles. The Labute approximate surface area is 110 Å². The molecule has 94 valence electrons. The summed E-state index contributed by atoms with van der Waals surface area (Å²) >= 11 is 21.6. The lowest BCUT2D eigenvalue weighted by molar-refractivity contribution is -0.0171. The van der Waals surface area contributed by atoms with Crippen molar-refractivity contribution in [3.8, 4) is 0 Å². The van der Waals surface area contributed by atoms with E-state index in [0.29, 0.717) is 6.42 Å². The molecule has 0 fully saturated rings. The molecule has 0 saturated carbocycles. The molecular weight excluding hydrogens is 288 g/mol. The first kappa shape index (κ1) is 18.4. The van der Waals surface area contributed by atoms with Gasteiger partial charge < -0.3 is 0 Å². The summed E-state index contributed by atoms with van der Waals surface area (Å²) in [5.41, 5.74) is 0. The van der Waals surface area contributed by atoms with E-state index in [1.807, 2.05) is 13.8 Å². The topological polar surface area (TPSA) is 0 Å². The highest BCUT2D eigenvalue weighted by Crippen LogP contribution is 2.40. The predicted molar refractivity (Wildman–Crippen MR) is 65.8 cm³/mol. The van der Waals surface area contributed by atoms with E-state index in [1.165, 1.54) is 0 Å². The molecule has 0 rings (SSSR count). The molecule has 0 N–H and O–H groups in total. The van der Waals surface area contributed by atoms with E-state index >= 15 is 0 Å². The van der Waals surface area contributed by atoms with E-state index in [9.17, 15) is 8.78 Å². The molecule has 0 bridgehead atoms. The van der Waals surface area contributed by atoms with Crippen molar-refractivity contribution in [1.29, 1.82) is 0 Å². The fourth-order valence-corrected chi connectivity index (χ4v) is 1.30. The van der Waals surface area contributed by atoms with Crippen LogP contribution >= 0.6 is 46.4 Å². The lowest BCUT2D eigenvalue weighted by Crippen LogP contribution is -2.29. The van der Waals surface area contributed by atoms with Gasteiger partial charge in [-0.25, -0.2) is 8.78 Å². The molecule has 1 atom stereocenters.